The third-order valence-corrected chi connectivity index (χ3v) is 3.22. The van der Waals surface area contributed by atoms with Crippen LogP contribution in [0.15, 0.2) is 42.5 Å². The highest BCUT2D eigenvalue weighted by Gasteiger charge is 2.16. The van der Waals surface area contributed by atoms with Gasteiger partial charge in [0.1, 0.15) is 6.61 Å². The second-order valence-electron chi connectivity index (χ2n) is 4.98. The lowest BCUT2D eigenvalue weighted by Crippen LogP contribution is -2.11. The van der Waals surface area contributed by atoms with Gasteiger partial charge in [0.25, 0.3) is 0 Å². The Balaban J connectivity index is 2.19. The molecule has 2 aromatic carbocycles. The second kappa shape index (κ2) is 7.00. The van der Waals surface area contributed by atoms with Crippen molar-refractivity contribution in [1.29, 1.82) is 0 Å². The lowest BCUT2D eigenvalue weighted by molar-refractivity contribution is -0.386. The van der Waals surface area contributed by atoms with E-state index in [1.54, 1.807) is 12.1 Å². The minimum absolute atomic E-state index is 0.0820. The van der Waals surface area contributed by atoms with Crippen LogP contribution in [0.4, 0.5) is 5.69 Å². The number of ether oxygens (including phenoxy) is 1. The van der Waals surface area contributed by atoms with Gasteiger partial charge in [0.2, 0.25) is 0 Å². The van der Waals surface area contributed by atoms with Gasteiger partial charge < -0.3 is 10.5 Å². The molecule has 0 unspecified atom stereocenters. The highest BCUT2D eigenvalue weighted by Crippen LogP contribution is 2.29. The molecule has 22 heavy (non-hydrogen) atoms. The van der Waals surface area contributed by atoms with Gasteiger partial charge in [0.05, 0.1) is 9.91 Å². The van der Waals surface area contributed by atoms with E-state index in [4.69, 9.17) is 22.7 Å². The van der Waals surface area contributed by atoms with Crippen LogP contribution in [-0.2, 0) is 13.0 Å². The van der Waals surface area contributed by atoms with E-state index in [0.29, 0.717) is 17.0 Å². The molecule has 0 fully saturated rings. The van der Waals surface area contributed by atoms with Crippen LogP contribution in [-0.4, -0.2) is 9.91 Å². The van der Waals surface area contributed by atoms with Crippen molar-refractivity contribution < 1.29 is 9.66 Å². The molecule has 0 spiro atoms. The predicted molar refractivity (Wildman–Crippen MR) is 89.1 cm³/mol. The minimum atomic E-state index is -0.464. The van der Waals surface area contributed by atoms with Crippen LogP contribution < -0.4 is 10.5 Å². The first kappa shape index (κ1) is 15.9. The third-order valence-electron chi connectivity index (χ3n) is 3.08. The number of nitro benzene ring substituents is 1. The summed E-state index contributed by atoms with van der Waals surface area (Å²) >= 11 is 4.82. The zero-order valence-electron chi connectivity index (χ0n) is 12.1. The molecule has 0 radical (unpaired) electrons. The summed E-state index contributed by atoms with van der Waals surface area (Å²) in [5.41, 5.74) is 8.16. The molecular formula is C16H16N2O3S. The number of hydrogen-bond acceptors (Lipinski definition) is 4. The Morgan fingerprint density at radius 2 is 2.05 bits per heavy atom. The van der Waals surface area contributed by atoms with Gasteiger partial charge in [-0.25, -0.2) is 0 Å². The maximum absolute atomic E-state index is 11.2. The van der Waals surface area contributed by atoms with Crippen LogP contribution in [0, 0.1) is 17.0 Å². The number of benzene rings is 2. The molecule has 0 heterocycles. The number of aryl methyl sites for hydroxylation is 1. The number of nitrogens with zero attached hydrogens (tertiary/aromatic N) is 1. The van der Waals surface area contributed by atoms with Crippen molar-refractivity contribution in [3.8, 4) is 5.75 Å². The quantitative estimate of drug-likeness (QED) is 0.502. The second-order valence-corrected chi connectivity index (χ2v) is 5.50. The molecule has 2 aromatic rings. The molecule has 0 aliphatic rings. The van der Waals surface area contributed by atoms with E-state index in [2.05, 4.69) is 0 Å². The Labute approximate surface area is 133 Å². The van der Waals surface area contributed by atoms with E-state index in [-0.39, 0.29) is 18.0 Å². The molecule has 0 aliphatic carbocycles. The first-order valence-electron chi connectivity index (χ1n) is 6.69. The molecule has 0 saturated carbocycles. The molecule has 0 saturated heterocycles. The molecular weight excluding hydrogens is 300 g/mol. The summed E-state index contributed by atoms with van der Waals surface area (Å²) in [6, 6.07) is 12.6. The number of rotatable bonds is 6. The summed E-state index contributed by atoms with van der Waals surface area (Å²) in [4.78, 5) is 11.0. The van der Waals surface area contributed by atoms with Crippen molar-refractivity contribution >= 4 is 22.9 Å². The van der Waals surface area contributed by atoms with Crippen molar-refractivity contribution in [2.45, 2.75) is 20.0 Å². The summed E-state index contributed by atoms with van der Waals surface area (Å²) in [6.45, 7) is 2.26. The maximum Gasteiger partial charge on any atom is 0.311 e. The lowest BCUT2D eigenvalue weighted by atomic mass is 10.1. The molecule has 0 amide bonds. The van der Waals surface area contributed by atoms with E-state index in [9.17, 15) is 10.1 Å². The summed E-state index contributed by atoms with van der Waals surface area (Å²) in [7, 11) is 0. The Morgan fingerprint density at radius 1 is 1.27 bits per heavy atom. The Kier molecular flexibility index (Phi) is 5.06. The summed E-state index contributed by atoms with van der Waals surface area (Å²) in [6.07, 6.45) is 0.328. The van der Waals surface area contributed by atoms with Gasteiger partial charge in [-0.1, -0.05) is 48.1 Å². The standard InChI is InChI=1S/C16H16N2O3S/c1-11-3-2-4-13(7-11)10-21-15-6-5-12(9-16(17)22)8-14(15)18(19)20/h2-8H,9-10H2,1H3,(H2,17,22). The zero-order chi connectivity index (χ0) is 16.1. The Hall–Kier alpha value is -2.47. The Morgan fingerprint density at radius 3 is 2.68 bits per heavy atom. The summed E-state index contributed by atoms with van der Waals surface area (Å²) < 4.78 is 5.59. The first-order chi connectivity index (χ1) is 10.5. The van der Waals surface area contributed by atoms with Crippen molar-refractivity contribution in [1.82, 2.24) is 0 Å². The van der Waals surface area contributed by atoms with Crippen LogP contribution in [0.5, 0.6) is 5.75 Å². The van der Waals surface area contributed by atoms with Gasteiger partial charge >= 0.3 is 5.69 Å². The van der Waals surface area contributed by atoms with Crippen molar-refractivity contribution in [2.24, 2.45) is 5.73 Å². The fourth-order valence-electron chi connectivity index (χ4n) is 2.10. The molecule has 5 nitrogen and oxygen atoms in total. The van der Waals surface area contributed by atoms with Crippen LogP contribution >= 0.6 is 12.2 Å². The minimum Gasteiger partial charge on any atom is -0.482 e. The van der Waals surface area contributed by atoms with Crippen molar-refractivity contribution in [2.75, 3.05) is 0 Å². The maximum atomic E-state index is 11.2. The van der Waals surface area contributed by atoms with Gasteiger partial charge in [-0.15, -0.1) is 0 Å². The molecule has 0 atom stereocenters. The van der Waals surface area contributed by atoms with E-state index < -0.39 is 4.92 Å². The first-order valence-corrected chi connectivity index (χ1v) is 7.10. The van der Waals surface area contributed by atoms with Crippen LogP contribution in [0.1, 0.15) is 16.7 Å². The topological polar surface area (TPSA) is 78.4 Å². The normalized spacial score (nSPS) is 10.2. The highest BCUT2D eigenvalue weighted by atomic mass is 32.1. The number of nitrogens with two attached hydrogens (primary N) is 1. The largest absolute Gasteiger partial charge is 0.482 e. The number of hydrogen-bond donors (Lipinski definition) is 1. The molecule has 0 bridgehead atoms. The highest BCUT2D eigenvalue weighted by molar-refractivity contribution is 7.80. The predicted octanol–water partition coefficient (Wildman–Crippen LogP) is 3.31. The van der Waals surface area contributed by atoms with E-state index in [0.717, 1.165) is 11.1 Å². The van der Waals surface area contributed by atoms with E-state index in [1.807, 2.05) is 31.2 Å². The van der Waals surface area contributed by atoms with Gasteiger partial charge in [-0.3, -0.25) is 10.1 Å². The fraction of sp³-hybridized carbons (Fsp3) is 0.188. The van der Waals surface area contributed by atoms with Crippen molar-refractivity contribution in [3.05, 3.63) is 69.3 Å². The average molecular weight is 316 g/mol. The van der Waals surface area contributed by atoms with Crippen LogP contribution in [0.3, 0.4) is 0 Å². The smallest absolute Gasteiger partial charge is 0.311 e. The Bertz CT molecular complexity index is 716. The molecule has 2 N–H and O–H groups in total. The molecule has 0 aliphatic heterocycles. The lowest BCUT2D eigenvalue weighted by Gasteiger charge is -2.09. The van der Waals surface area contributed by atoms with Gasteiger partial charge in [-0.05, 0) is 24.1 Å². The monoisotopic (exact) mass is 316 g/mol. The average Bonchev–Trinajstić information content (AvgIpc) is 2.45. The number of thiocarbonyl (C=S) groups is 1. The van der Waals surface area contributed by atoms with Crippen molar-refractivity contribution in [3.63, 3.8) is 0 Å². The summed E-state index contributed by atoms with van der Waals surface area (Å²) in [5.74, 6) is 0.234. The van der Waals surface area contributed by atoms with E-state index >= 15 is 0 Å². The molecule has 6 heteroatoms. The molecule has 114 valence electrons. The molecule has 2 rings (SSSR count). The van der Waals surface area contributed by atoms with Crippen LogP contribution in [0.2, 0.25) is 0 Å². The zero-order valence-corrected chi connectivity index (χ0v) is 12.9. The third kappa shape index (κ3) is 4.26. The van der Waals surface area contributed by atoms with Gasteiger partial charge in [0.15, 0.2) is 5.75 Å². The van der Waals surface area contributed by atoms with E-state index in [1.165, 1.54) is 6.07 Å². The van der Waals surface area contributed by atoms with Gasteiger partial charge in [0, 0.05) is 12.5 Å². The van der Waals surface area contributed by atoms with Gasteiger partial charge in [-0.2, -0.15) is 0 Å². The van der Waals surface area contributed by atoms with Crippen LogP contribution in [0.25, 0.3) is 0 Å². The summed E-state index contributed by atoms with van der Waals surface area (Å²) in [5, 5.41) is 11.2. The fourth-order valence-corrected chi connectivity index (χ4v) is 2.27. The SMILES string of the molecule is Cc1cccc(COc2ccc(CC(N)=S)cc2[N+](=O)[O-])c1. The number of nitro groups is 1. The molecule has 0 aromatic heterocycles.